The van der Waals surface area contributed by atoms with Crippen LogP contribution in [0, 0.1) is 5.82 Å². The number of hydrogen-bond donors (Lipinski definition) is 0. The number of rotatable bonds is 2. The number of benzene rings is 1. The average Bonchev–Trinajstić information content (AvgIpc) is 2.28. The van der Waals surface area contributed by atoms with Gasteiger partial charge in [-0.3, -0.25) is 4.79 Å². The first-order chi connectivity index (χ1) is 7.66. The van der Waals surface area contributed by atoms with E-state index in [9.17, 15) is 9.18 Å². The first-order valence-corrected chi connectivity index (χ1v) is 6.08. The second kappa shape index (κ2) is 4.91. The van der Waals surface area contributed by atoms with Crippen molar-refractivity contribution in [2.45, 2.75) is 25.7 Å². The summed E-state index contributed by atoms with van der Waals surface area (Å²) in [4.78, 5) is 11.1. The molecular weight excluding hydrogens is 271 g/mol. The summed E-state index contributed by atoms with van der Waals surface area (Å²) in [7, 11) is 0. The Morgan fingerprint density at radius 3 is 2.81 bits per heavy atom. The number of halogens is 2. The molecule has 0 fully saturated rings. The van der Waals surface area contributed by atoms with Gasteiger partial charge in [0.05, 0.1) is 4.47 Å². The minimum atomic E-state index is -0.231. The van der Waals surface area contributed by atoms with Crippen molar-refractivity contribution in [2.24, 2.45) is 0 Å². The second-order valence-electron chi connectivity index (χ2n) is 3.99. The first-order valence-electron chi connectivity index (χ1n) is 5.29. The lowest BCUT2D eigenvalue weighted by atomic mass is 9.93. The predicted molar refractivity (Wildman–Crippen MR) is 64.7 cm³/mol. The molecule has 0 saturated carbocycles. The number of carbonyl (C=O) groups is 1. The normalized spacial score (nSPS) is 16.1. The minimum Gasteiger partial charge on any atom is -0.299 e. The van der Waals surface area contributed by atoms with E-state index in [2.05, 4.69) is 15.9 Å². The Bertz CT molecular complexity index is 451. The molecule has 84 valence electrons. The van der Waals surface area contributed by atoms with Crippen LogP contribution in [0.2, 0.25) is 0 Å². The van der Waals surface area contributed by atoms with Gasteiger partial charge in [-0.25, -0.2) is 4.39 Å². The molecule has 0 saturated heterocycles. The van der Waals surface area contributed by atoms with Crippen molar-refractivity contribution < 1.29 is 9.18 Å². The standard InChI is InChI=1S/C13H12BrFO/c14-13-10(2-1-3-12(13)15)8-9-4-6-11(16)7-5-9/h1-4H,5-8H2. The smallest absolute Gasteiger partial charge is 0.137 e. The quantitative estimate of drug-likeness (QED) is 0.754. The van der Waals surface area contributed by atoms with Gasteiger partial charge in [0.1, 0.15) is 11.6 Å². The molecule has 1 aliphatic rings. The summed E-state index contributed by atoms with van der Waals surface area (Å²) in [5, 5.41) is 0. The summed E-state index contributed by atoms with van der Waals surface area (Å²) in [5.74, 6) is 0.0621. The molecule has 3 heteroatoms. The lowest BCUT2D eigenvalue weighted by Gasteiger charge is -2.13. The van der Waals surface area contributed by atoms with E-state index >= 15 is 0 Å². The van der Waals surface area contributed by atoms with Gasteiger partial charge in [0, 0.05) is 12.8 Å². The zero-order chi connectivity index (χ0) is 11.5. The van der Waals surface area contributed by atoms with E-state index in [4.69, 9.17) is 0 Å². The fourth-order valence-corrected chi connectivity index (χ4v) is 2.26. The van der Waals surface area contributed by atoms with E-state index < -0.39 is 0 Å². The van der Waals surface area contributed by atoms with Crippen molar-refractivity contribution in [3.8, 4) is 0 Å². The predicted octanol–water partition coefficient (Wildman–Crippen LogP) is 3.81. The van der Waals surface area contributed by atoms with E-state index in [-0.39, 0.29) is 5.82 Å². The molecule has 0 spiro atoms. The summed E-state index contributed by atoms with van der Waals surface area (Å²) < 4.78 is 13.8. The lowest BCUT2D eigenvalue weighted by Crippen LogP contribution is -2.05. The SMILES string of the molecule is O=C1CC=C(Cc2cccc(F)c2Br)CC1. The van der Waals surface area contributed by atoms with Gasteiger partial charge in [-0.1, -0.05) is 23.8 Å². The molecule has 2 rings (SSSR count). The van der Waals surface area contributed by atoms with Crippen LogP contribution >= 0.6 is 15.9 Å². The number of carbonyl (C=O) groups excluding carboxylic acids is 1. The molecule has 1 aliphatic carbocycles. The Labute approximate surface area is 102 Å². The zero-order valence-electron chi connectivity index (χ0n) is 8.80. The third-order valence-electron chi connectivity index (χ3n) is 2.79. The van der Waals surface area contributed by atoms with Crippen molar-refractivity contribution in [1.82, 2.24) is 0 Å². The second-order valence-corrected chi connectivity index (χ2v) is 4.79. The van der Waals surface area contributed by atoms with Crippen molar-refractivity contribution in [2.75, 3.05) is 0 Å². The van der Waals surface area contributed by atoms with Gasteiger partial charge in [-0.05, 0) is 40.4 Å². The molecule has 0 aliphatic heterocycles. The molecule has 0 heterocycles. The van der Waals surface area contributed by atoms with Crippen LogP contribution in [0.25, 0.3) is 0 Å². The average molecular weight is 283 g/mol. The number of hydrogen-bond acceptors (Lipinski definition) is 1. The Hall–Kier alpha value is -0.960. The molecule has 16 heavy (non-hydrogen) atoms. The molecule has 0 N–H and O–H groups in total. The molecule has 0 atom stereocenters. The molecule has 1 nitrogen and oxygen atoms in total. The van der Waals surface area contributed by atoms with Gasteiger partial charge in [-0.15, -0.1) is 0 Å². The summed E-state index contributed by atoms with van der Waals surface area (Å²) in [6.45, 7) is 0. The Morgan fingerprint density at radius 2 is 2.12 bits per heavy atom. The highest BCUT2D eigenvalue weighted by atomic mass is 79.9. The van der Waals surface area contributed by atoms with Crippen molar-refractivity contribution in [3.63, 3.8) is 0 Å². The van der Waals surface area contributed by atoms with Gasteiger partial charge < -0.3 is 0 Å². The van der Waals surface area contributed by atoms with Crippen LogP contribution in [0.15, 0.2) is 34.3 Å². The van der Waals surface area contributed by atoms with E-state index in [0.29, 0.717) is 23.1 Å². The van der Waals surface area contributed by atoms with Crippen molar-refractivity contribution in [1.29, 1.82) is 0 Å². The highest BCUT2D eigenvalue weighted by Crippen LogP contribution is 2.26. The van der Waals surface area contributed by atoms with Gasteiger partial charge >= 0.3 is 0 Å². The molecule has 1 aromatic carbocycles. The highest BCUT2D eigenvalue weighted by Gasteiger charge is 2.12. The highest BCUT2D eigenvalue weighted by molar-refractivity contribution is 9.10. The van der Waals surface area contributed by atoms with Crippen LogP contribution in [0.1, 0.15) is 24.8 Å². The van der Waals surface area contributed by atoms with E-state index in [1.165, 1.54) is 11.6 Å². The maximum atomic E-state index is 13.3. The summed E-state index contributed by atoms with van der Waals surface area (Å²) in [6, 6.07) is 5.06. The molecule has 1 aromatic rings. The molecule has 0 amide bonds. The van der Waals surface area contributed by atoms with Crippen LogP contribution < -0.4 is 0 Å². The monoisotopic (exact) mass is 282 g/mol. The fourth-order valence-electron chi connectivity index (χ4n) is 1.85. The van der Waals surface area contributed by atoms with Crippen molar-refractivity contribution >= 4 is 21.7 Å². The molecule has 0 radical (unpaired) electrons. The Kier molecular flexibility index (Phi) is 3.54. The summed E-state index contributed by atoms with van der Waals surface area (Å²) >= 11 is 3.25. The van der Waals surface area contributed by atoms with Gasteiger partial charge in [-0.2, -0.15) is 0 Å². The van der Waals surface area contributed by atoms with Gasteiger partial charge in [0.25, 0.3) is 0 Å². The number of Topliss-reactive ketones (excluding diaryl/α,β-unsaturated/α-hetero) is 1. The van der Waals surface area contributed by atoms with Crippen molar-refractivity contribution in [3.05, 3.63) is 45.7 Å². The van der Waals surface area contributed by atoms with Crippen LogP contribution in [-0.2, 0) is 11.2 Å². The maximum absolute atomic E-state index is 13.3. The largest absolute Gasteiger partial charge is 0.299 e. The summed E-state index contributed by atoms with van der Waals surface area (Å²) in [6.07, 6.45) is 4.66. The van der Waals surface area contributed by atoms with E-state index in [1.807, 2.05) is 12.1 Å². The van der Waals surface area contributed by atoms with Crippen LogP contribution in [0.4, 0.5) is 4.39 Å². The van der Waals surface area contributed by atoms with E-state index in [1.54, 1.807) is 6.07 Å². The fraction of sp³-hybridized carbons (Fsp3) is 0.308. The van der Waals surface area contributed by atoms with Crippen LogP contribution in [-0.4, -0.2) is 5.78 Å². The molecular formula is C13H12BrFO. The minimum absolute atomic E-state index is 0.231. The van der Waals surface area contributed by atoms with E-state index in [0.717, 1.165) is 18.4 Å². The third kappa shape index (κ3) is 2.59. The zero-order valence-corrected chi connectivity index (χ0v) is 10.4. The molecule has 0 aromatic heterocycles. The molecule has 0 unspecified atom stereocenters. The third-order valence-corrected chi connectivity index (χ3v) is 3.68. The molecule has 0 bridgehead atoms. The summed E-state index contributed by atoms with van der Waals surface area (Å²) in [5.41, 5.74) is 2.17. The number of ketones is 1. The van der Waals surface area contributed by atoms with Gasteiger partial charge in [0.15, 0.2) is 0 Å². The topological polar surface area (TPSA) is 17.1 Å². The number of allylic oxidation sites excluding steroid dienone is 2. The van der Waals surface area contributed by atoms with Gasteiger partial charge in [0.2, 0.25) is 0 Å². The first kappa shape index (κ1) is 11.5. The van der Waals surface area contributed by atoms with Crippen LogP contribution in [0.3, 0.4) is 0 Å². The maximum Gasteiger partial charge on any atom is 0.137 e. The Balaban J connectivity index is 2.15. The van der Waals surface area contributed by atoms with Crippen LogP contribution in [0.5, 0.6) is 0 Å². The lowest BCUT2D eigenvalue weighted by molar-refractivity contribution is -0.118. The Morgan fingerprint density at radius 1 is 1.31 bits per heavy atom.